The second kappa shape index (κ2) is 6.71. The molecule has 1 unspecified atom stereocenters. The smallest absolute Gasteiger partial charge is 0.358 e. The van der Waals surface area contributed by atoms with E-state index in [1.165, 1.54) is 7.05 Å². The Morgan fingerprint density at radius 1 is 1.42 bits per heavy atom. The number of piperazine rings is 1. The van der Waals surface area contributed by atoms with Crippen molar-refractivity contribution in [3.8, 4) is 0 Å². The Morgan fingerprint density at radius 3 is 2.68 bits per heavy atom. The summed E-state index contributed by atoms with van der Waals surface area (Å²) in [6, 6.07) is -0.546. The highest BCUT2D eigenvalue weighted by Gasteiger charge is 2.31. The van der Waals surface area contributed by atoms with Gasteiger partial charge in [0.15, 0.2) is 0 Å². The summed E-state index contributed by atoms with van der Waals surface area (Å²) in [5, 5.41) is 7.25. The van der Waals surface area contributed by atoms with E-state index in [0.717, 1.165) is 0 Å². The van der Waals surface area contributed by atoms with Crippen molar-refractivity contribution in [2.24, 2.45) is 0 Å². The summed E-state index contributed by atoms with van der Waals surface area (Å²) >= 11 is 0. The molecule has 1 saturated heterocycles. The van der Waals surface area contributed by atoms with Gasteiger partial charge >= 0.3 is 6.18 Å². The number of nitrogens with one attached hydrogen (secondary N) is 3. The molecule has 0 bridgehead atoms. The van der Waals surface area contributed by atoms with Gasteiger partial charge in [0.05, 0.1) is 6.54 Å². The third-order valence-electron chi connectivity index (χ3n) is 2.74. The number of amides is 2. The van der Waals surface area contributed by atoms with Gasteiger partial charge in [-0.25, -0.2) is 0 Å². The van der Waals surface area contributed by atoms with Gasteiger partial charge in [0.1, 0.15) is 12.6 Å². The van der Waals surface area contributed by atoms with E-state index >= 15 is 0 Å². The molecule has 0 radical (unpaired) electrons. The predicted octanol–water partition coefficient (Wildman–Crippen LogP) is -1.32. The van der Waals surface area contributed by atoms with Gasteiger partial charge in [-0.2, -0.15) is 13.2 Å². The molecule has 9 heteroatoms. The Morgan fingerprint density at radius 2 is 2.11 bits per heavy atom. The van der Waals surface area contributed by atoms with Crippen molar-refractivity contribution >= 4 is 11.8 Å². The van der Waals surface area contributed by atoms with Crippen LogP contribution in [0.3, 0.4) is 0 Å². The highest BCUT2D eigenvalue weighted by atomic mass is 19.4. The Balaban J connectivity index is 2.48. The molecule has 2 amide bonds. The van der Waals surface area contributed by atoms with Gasteiger partial charge in [-0.3, -0.25) is 14.5 Å². The zero-order chi connectivity index (χ0) is 14.5. The molecule has 0 aromatic rings. The molecule has 110 valence electrons. The summed E-state index contributed by atoms with van der Waals surface area (Å²) in [4.78, 5) is 24.5. The quantitative estimate of drug-likeness (QED) is 0.598. The predicted molar refractivity (Wildman–Crippen MR) is 61.4 cm³/mol. The molecule has 0 aromatic heterocycles. The van der Waals surface area contributed by atoms with Crippen LogP contribution in [0.4, 0.5) is 13.2 Å². The lowest BCUT2D eigenvalue weighted by Crippen LogP contribution is -2.59. The van der Waals surface area contributed by atoms with Crippen LogP contribution in [-0.2, 0) is 9.59 Å². The van der Waals surface area contributed by atoms with Crippen LogP contribution in [0.25, 0.3) is 0 Å². The van der Waals surface area contributed by atoms with Crippen LogP contribution < -0.4 is 16.0 Å². The van der Waals surface area contributed by atoms with E-state index in [4.69, 9.17) is 0 Å². The summed E-state index contributed by atoms with van der Waals surface area (Å²) < 4.78 is 35.9. The molecule has 1 atom stereocenters. The van der Waals surface area contributed by atoms with Gasteiger partial charge < -0.3 is 16.0 Å². The van der Waals surface area contributed by atoms with Crippen LogP contribution in [0.15, 0.2) is 0 Å². The second-order valence-electron chi connectivity index (χ2n) is 4.20. The standard InChI is InChI=1S/C10H17F3N4O2/c1-14-9(19)7-4-15-2-3-17(7)5-8(18)16-6-10(11,12)13/h7,15H,2-6H2,1H3,(H,14,19)(H,16,18). The van der Waals surface area contributed by atoms with Crippen molar-refractivity contribution in [1.29, 1.82) is 0 Å². The van der Waals surface area contributed by atoms with Crippen molar-refractivity contribution in [2.45, 2.75) is 12.2 Å². The number of rotatable bonds is 4. The zero-order valence-corrected chi connectivity index (χ0v) is 10.5. The minimum absolute atomic E-state index is 0.226. The summed E-state index contributed by atoms with van der Waals surface area (Å²) in [7, 11) is 1.47. The van der Waals surface area contributed by atoms with E-state index in [1.54, 1.807) is 10.2 Å². The number of alkyl halides is 3. The Kier molecular flexibility index (Phi) is 5.55. The van der Waals surface area contributed by atoms with E-state index in [2.05, 4.69) is 10.6 Å². The fraction of sp³-hybridized carbons (Fsp3) is 0.800. The van der Waals surface area contributed by atoms with Gasteiger partial charge in [-0.1, -0.05) is 0 Å². The van der Waals surface area contributed by atoms with Crippen molar-refractivity contribution in [3.05, 3.63) is 0 Å². The highest BCUT2D eigenvalue weighted by Crippen LogP contribution is 2.12. The van der Waals surface area contributed by atoms with Crippen LogP contribution in [0.2, 0.25) is 0 Å². The largest absolute Gasteiger partial charge is 0.405 e. The van der Waals surface area contributed by atoms with Crippen molar-refractivity contribution in [2.75, 3.05) is 39.8 Å². The Hall–Kier alpha value is -1.35. The van der Waals surface area contributed by atoms with E-state index in [1.807, 2.05) is 0 Å². The first-order valence-corrected chi connectivity index (χ1v) is 5.83. The fourth-order valence-electron chi connectivity index (χ4n) is 1.80. The first kappa shape index (κ1) is 15.7. The van der Waals surface area contributed by atoms with Crippen LogP contribution in [0.5, 0.6) is 0 Å². The van der Waals surface area contributed by atoms with Gasteiger partial charge in [-0.15, -0.1) is 0 Å². The van der Waals surface area contributed by atoms with Gasteiger partial charge in [-0.05, 0) is 0 Å². The van der Waals surface area contributed by atoms with Crippen molar-refractivity contribution in [3.63, 3.8) is 0 Å². The lowest BCUT2D eigenvalue weighted by Gasteiger charge is -2.34. The number of likely N-dealkylation sites (N-methyl/N-ethyl adjacent to an activating group) is 1. The molecule has 6 nitrogen and oxygen atoms in total. The molecule has 3 N–H and O–H groups in total. The van der Waals surface area contributed by atoms with Gasteiger partial charge in [0.25, 0.3) is 0 Å². The minimum Gasteiger partial charge on any atom is -0.358 e. The highest BCUT2D eigenvalue weighted by molar-refractivity contribution is 5.83. The van der Waals surface area contributed by atoms with E-state index in [9.17, 15) is 22.8 Å². The summed E-state index contributed by atoms with van der Waals surface area (Å²) in [6.45, 7) is -0.206. The zero-order valence-electron chi connectivity index (χ0n) is 10.5. The van der Waals surface area contributed by atoms with Gasteiger partial charge in [0.2, 0.25) is 11.8 Å². The third-order valence-corrected chi connectivity index (χ3v) is 2.74. The first-order chi connectivity index (χ1) is 8.83. The summed E-state index contributed by atoms with van der Waals surface area (Å²) in [5.74, 6) is -1.01. The lowest BCUT2D eigenvalue weighted by molar-refractivity contribution is -0.140. The lowest BCUT2D eigenvalue weighted by atomic mass is 10.1. The van der Waals surface area contributed by atoms with Crippen LogP contribution >= 0.6 is 0 Å². The third kappa shape index (κ3) is 5.43. The maximum absolute atomic E-state index is 12.0. The average molecular weight is 282 g/mol. The topological polar surface area (TPSA) is 73.5 Å². The molecule has 0 aromatic carbocycles. The number of carbonyl (C=O) groups excluding carboxylic acids is 2. The maximum atomic E-state index is 12.0. The van der Waals surface area contributed by atoms with E-state index < -0.39 is 24.7 Å². The van der Waals surface area contributed by atoms with E-state index in [-0.39, 0.29) is 12.5 Å². The number of halogens is 3. The molecule has 1 fully saturated rings. The summed E-state index contributed by atoms with van der Waals surface area (Å²) in [6.07, 6.45) is -4.43. The molecule has 1 aliphatic heterocycles. The normalized spacial score (nSPS) is 20.9. The molecule has 0 saturated carbocycles. The number of nitrogens with zero attached hydrogens (tertiary/aromatic N) is 1. The monoisotopic (exact) mass is 282 g/mol. The van der Waals surface area contributed by atoms with Crippen LogP contribution in [0.1, 0.15) is 0 Å². The van der Waals surface area contributed by atoms with Crippen molar-refractivity contribution in [1.82, 2.24) is 20.9 Å². The SMILES string of the molecule is CNC(=O)C1CNCCN1CC(=O)NCC(F)(F)F. The number of hydrogen-bond acceptors (Lipinski definition) is 4. The molecule has 0 aliphatic carbocycles. The number of carbonyl (C=O) groups is 2. The van der Waals surface area contributed by atoms with Crippen LogP contribution in [-0.4, -0.2) is 68.7 Å². The number of hydrogen-bond donors (Lipinski definition) is 3. The molecular formula is C10H17F3N4O2. The van der Waals surface area contributed by atoms with Crippen LogP contribution in [0, 0.1) is 0 Å². The molecule has 1 heterocycles. The van der Waals surface area contributed by atoms with Gasteiger partial charge in [0, 0.05) is 26.7 Å². The molecule has 1 aliphatic rings. The Labute approximate surface area is 108 Å². The molecule has 0 spiro atoms. The Bertz CT molecular complexity index is 335. The molecule has 1 rings (SSSR count). The minimum atomic E-state index is -4.43. The second-order valence-corrected chi connectivity index (χ2v) is 4.20. The maximum Gasteiger partial charge on any atom is 0.405 e. The molecular weight excluding hydrogens is 265 g/mol. The average Bonchev–Trinajstić information content (AvgIpc) is 2.35. The summed E-state index contributed by atoms with van der Waals surface area (Å²) in [5.41, 5.74) is 0. The first-order valence-electron chi connectivity index (χ1n) is 5.83. The fourth-order valence-corrected chi connectivity index (χ4v) is 1.80. The van der Waals surface area contributed by atoms with Crippen molar-refractivity contribution < 1.29 is 22.8 Å². The molecule has 19 heavy (non-hydrogen) atoms. The van der Waals surface area contributed by atoms with E-state index in [0.29, 0.717) is 19.6 Å².